The van der Waals surface area contributed by atoms with Gasteiger partial charge in [-0.1, -0.05) is 6.07 Å². The summed E-state index contributed by atoms with van der Waals surface area (Å²) in [4.78, 5) is 23.5. The Balaban J connectivity index is 1.31. The standard InChI is InChI=1S/C20H26N4O2/c1-22-9-6-17(7-10-22)23-11-13-24(14-12-23)20(25)26-18-5-4-16-3-2-8-21-19(16)15-18/h2-5,8,15,17H,6-7,9-14H2,1H3. The molecule has 6 nitrogen and oxygen atoms in total. The molecule has 2 aliphatic heterocycles. The van der Waals surface area contributed by atoms with E-state index in [1.165, 1.54) is 25.9 Å². The average Bonchev–Trinajstić information content (AvgIpc) is 2.68. The first-order valence-corrected chi connectivity index (χ1v) is 9.43. The van der Waals surface area contributed by atoms with Gasteiger partial charge in [-0.15, -0.1) is 0 Å². The number of aromatic nitrogens is 1. The minimum absolute atomic E-state index is 0.261. The third kappa shape index (κ3) is 3.81. The second-order valence-corrected chi connectivity index (χ2v) is 7.28. The molecule has 0 saturated carbocycles. The number of piperidine rings is 1. The van der Waals surface area contributed by atoms with Crippen LogP contribution in [0.1, 0.15) is 12.8 Å². The molecule has 0 spiro atoms. The molecular formula is C20H26N4O2. The Morgan fingerprint density at radius 1 is 1.08 bits per heavy atom. The number of carbonyl (C=O) groups excluding carboxylic acids is 1. The number of rotatable bonds is 2. The third-order valence-electron chi connectivity index (χ3n) is 5.56. The van der Waals surface area contributed by atoms with E-state index < -0.39 is 0 Å². The molecule has 1 aromatic heterocycles. The number of fused-ring (bicyclic) bond motifs is 1. The number of hydrogen-bond donors (Lipinski definition) is 0. The minimum atomic E-state index is -0.261. The van der Waals surface area contributed by atoms with E-state index in [-0.39, 0.29) is 6.09 Å². The van der Waals surface area contributed by atoms with Crippen molar-refractivity contribution in [2.24, 2.45) is 0 Å². The Hall–Kier alpha value is -2.18. The molecule has 26 heavy (non-hydrogen) atoms. The number of amides is 1. The van der Waals surface area contributed by atoms with Crippen molar-refractivity contribution in [2.45, 2.75) is 18.9 Å². The summed E-state index contributed by atoms with van der Waals surface area (Å²) >= 11 is 0. The first-order chi connectivity index (χ1) is 12.7. The number of nitrogens with zero attached hydrogens (tertiary/aromatic N) is 4. The molecule has 0 aliphatic carbocycles. The molecule has 2 saturated heterocycles. The molecule has 0 radical (unpaired) electrons. The van der Waals surface area contributed by atoms with E-state index in [4.69, 9.17) is 4.74 Å². The largest absolute Gasteiger partial charge is 0.415 e. The van der Waals surface area contributed by atoms with E-state index in [0.29, 0.717) is 11.8 Å². The molecule has 1 amide bonds. The molecule has 2 aliphatic rings. The van der Waals surface area contributed by atoms with Gasteiger partial charge in [0.25, 0.3) is 0 Å². The van der Waals surface area contributed by atoms with Crippen molar-refractivity contribution in [3.8, 4) is 5.75 Å². The van der Waals surface area contributed by atoms with Gasteiger partial charge in [0, 0.05) is 49.9 Å². The third-order valence-corrected chi connectivity index (χ3v) is 5.56. The number of benzene rings is 1. The molecular weight excluding hydrogens is 328 g/mol. The maximum atomic E-state index is 12.5. The molecule has 2 aromatic rings. The number of likely N-dealkylation sites (tertiary alicyclic amines) is 1. The number of ether oxygens (including phenoxy) is 1. The molecule has 2 fully saturated rings. The minimum Gasteiger partial charge on any atom is -0.410 e. The molecule has 3 heterocycles. The van der Waals surface area contributed by atoms with Crippen LogP contribution in [0.3, 0.4) is 0 Å². The number of carbonyl (C=O) groups is 1. The molecule has 1 aromatic carbocycles. The fraction of sp³-hybridized carbons (Fsp3) is 0.500. The smallest absolute Gasteiger partial charge is 0.410 e. The zero-order chi connectivity index (χ0) is 17.9. The first kappa shape index (κ1) is 17.2. The van der Waals surface area contributed by atoms with Crippen LogP contribution in [-0.4, -0.2) is 78.1 Å². The van der Waals surface area contributed by atoms with E-state index in [0.717, 1.165) is 37.1 Å². The van der Waals surface area contributed by atoms with Gasteiger partial charge in [0.1, 0.15) is 5.75 Å². The summed E-state index contributed by atoms with van der Waals surface area (Å²) in [5.74, 6) is 0.555. The highest BCUT2D eigenvalue weighted by molar-refractivity contribution is 5.81. The summed E-state index contributed by atoms with van der Waals surface area (Å²) in [6, 6.07) is 10.1. The van der Waals surface area contributed by atoms with Crippen molar-refractivity contribution < 1.29 is 9.53 Å². The molecule has 0 N–H and O–H groups in total. The average molecular weight is 354 g/mol. The van der Waals surface area contributed by atoms with E-state index in [9.17, 15) is 4.79 Å². The number of pyridine rings is 1. The predicted molar refractivity (Wildman–Crippen MR) is 101 cm³/mol. The van der Waals surface area contributed by atoms with Gasteiger partial charge in [-0.25, -0.2) is 4.79 Å². The number of hydrogen-bond acceptors (Lipinski definition) is 5. The fourth-order valence-corrected chi connectivity index (χ4v) is 3.90. The summed E-state index contributed by atoms with van der Waals surface area (Å²) < 4.78 is 5.58. The quantitative estimate of drug-likeness (QED) is 0.829. The van der Waals surface area contributed by atoms with Crippen molar-refractivity contribution in [3.05, 3.63) is 36.5 Å². The Morgan fingerprint density at radius 2 is 1.85 bits per heavy atom. The summed E-state index contributed by atoms with van der Waals surface area (Å²) in [6.45, 7) is 5.67. The molecule has 0 unspecified atom stereocenters. The Kier molecular flexibility index (Phi) is 5.04. The fourth-order valence-electron chi connectivity index (χ4n) is 3.90. The van der Waals surface area contributed by atoms with Gasteiger partial charge < -0.3 is 14.5 Å². The predicted octanol–water partition coefficient (Wildman–Crippen LogP) is 2.45. The monoisotopic (exact) mass is 354 g/mol. The van der Waals surface area contributed by atoms with E-state index in [1.54, 1.807) is 6.20 Å². The highest BCUT2D eigenvalue weighted by Gasteiger charge is 2.28. The Labute approximate surface area is 154 Å². The van der Waals surface area contributed by atoms with Crippen molar-refractivity contribution in [1.29, 1.82) is 0 Å². The van der Waals surface area contributed by atoms with Gasteiger partial charge in [0.15, 0.2) is 0 Å². The zero-order valence-corrected chi connectivity index (χ0v) is 15.3. The van der Waals surface area contributed by atoms with Crippen molar-refractivity contribution in [1.82, 2.24) is 19.7 Å². The van der Waals surface area contributed by atoms with Crippen LogP contribution in [0, 0.1) is 0 Å². The number of piperazine rings is 1. The van der Waals surface area contributed by atoms with Crippen LogP contribution < -0.4 is 4.74 Å². The lowest BCUT2D eigenvalue weighted by Crippen LogP contribution is -2.54. The lowest BCUT2D eigenvalue weighted by molar-refractivity contribution is 0.0645. The van der Waals surface area contributed by atoms with Crippen LogP contribution in [0.2, 0.25) is 0 Å². The topological polar surface area (TPSA) is 48.9 Å². The van der Waals surface area contributed by atoms with Crippen molar-refractivity contribution in [3.63, 3.8) is 0 Å². The molecule has 6 heteroatoms. The van der Waals surface area contributed by atoms with Gasteiger partial charge in [0.05, 0.1) is 5.52 Å². The Morgan fingerprint density at radius 3 is 2.62 bits per heavy atom. The lowest BCUT2D eigenvalue weighted by Gasteiger charge is -2.41. The van der Waals surface area contributed by atoms with E-state index in [1.807, 2.05) is 35.2 Å². The summed E-state index contributed by atoms with van der Waals surface area (Å²) in [6.07, 6.45) is 3.94. The van der Waals surface area contributed by atoms with E-state index >= 15 is 0 Å². The van der Waals surface area contributed by atoms with Gasteiger partial charge in [-0.3, -0.25) is 9.88 Å². The van der Waals surface area contributed by atoms with E-state index in [2.05, 4.69) is 21.8 Å². The van der Waals surface area contributed by atoms with Crippen LogP contribution in [0.5, 0.6) is 5.75 Å². The van der Waals surface area contributed by atoms with Gasteiger partial charge in [-0.05, 0) is 51.2 Å². The SMILES string of the molecule is CN1CCC(N2CCN(C(=O)Oc3ccc4cccnc4c3)CC2)CC1. The molecule has 138 valence electrons. The normalized spacial score (nSPS) is 20.4. The van der Waals surface area contributed by atoms with Crippen LogP contribution in [0.15, 0.2) is 36.5 Å². The van der Waals surface area contributed by atoms with Crippen LogP contribution in [0.25, 0.3) is 10.9 Å². The summed E-state index contributed by atoms with van der Waals surface area (Å²) in [5, 5.41) is 1.04. The van der Waals surface area contributed by atoms with Crippen LogP contribution >= 0.6 is 0 Å². The lowest BCUT2D eigenvalue weighted by atomic mass is 10.0. The van der Waals surface area contributed by atoms with Crippen LogP contribution in [0.4, 0.5) is 4.79 Å². The zero-order valence-electron chi connectivity index (χ0n) is 15.3. The molecule has 0 bridgehead atoms. The maximum absolute atomic E-state index is 12.5. The highest BCUT2D eigenvalue weighted by atomic mass is 16.6. The maximum Gasteiger partial charge on any atom is 0.415 e. The second kappa shape index (κ2) is 7.60. The van der Waals surface area contributed by atoms with Gasteiger partial charge in [-0.2, -0.15) is 0 Å². The van der Waals surface area contributed by atoms with Crippen molar-refractivity contribution in [2.75, 3.05) is 46.3 Å². The summed E-state index contributed by atoms with van der Waals surface area (Å²) in [7, 11) is 2.19. The molecule has 0 atom stereocenters. The Bertz CT molecular complexity index is 765. The van der Waals surface area contributed by atoms with Gasteiger partial charge in [0.2, 0.25) is 0 Å². The summed E-state index contributed by atoms with van der Waals surface area (Å²) in [5.41, 5.74) is 0.838. The highest BCUT2D eigenvalue weighted by Crippen LogP contribution is 2.21. The van der Waals surface area contributed by atoms with Crippen LogP contribution in [-0.2, 0) is 0 Å². The second-order valence-electron chi connectivity index (χ2n) is 7.28. The molecule has 4 rings (SSSR count). The van der Waals surface area contributed by atoms with Crippen molar-refractivity contribution >= 4 is 17.0 Å². The first-order valence-electron chi connectivity index (χ1n) is 9.43. The van der Waals surface area contributed by atoms with Gasteiger partial charge >= 0.3 is 6.09 Å².